The zero-order valence-corrected chi connectivity index (χ0v) is 9.81. The molecule has 0 unspecified atom stereocenters. The van der Waals surface area contributed by atoms with Crippen LogP contribution in [0.25, 0.3) is 0 Å². The summed E-state index contributed by atoms with van der Waals surface area (Å²) in [6.45, 7) is 10.2. The van der Waals surface area contributed by atoms with Crippen molar-refractivity contribution in [1.29, 1.82) is 0 Å². The molecule has 0 N–H and O–H groups in total. The van der Waals surface area contributed by atoms with Crippen LogP contribution in [0.3, 0.4) is 0 Å². The maximum Gasteiger partial charge on any atom is 0.132 e. The van der Waals surface area contributed by atoms with Gasteiger partial charge in [-0.05, 0) is 24.5 Å². The van der Waals surface area contributed by atoms with E-state index in [1.54, 1.807) is 0 Å². The van der Waals surface area contributed by atoms with Gasteiger partial charge >= 0.3 is 0 Å². The van der Waals surface area contributed by atoms with Crippen LogP contribution in [0.4, 0.5) is 0 Å². The van der Waals surface area contributed by atoms with Crippen LogP contribution in [0, 0.1) is 6.92 Å². The molecule has 1 aromatic rings. The van der Waals surface area contributed by atoms with E-state index < -0.39 is 0 Å². The first-order chi connectivity index (χ1) is 6.11. The zero-order chi connectivity index (χ0) is 10.4. The summed E-state index contributed by atoms with van der Waals surface area (Å²) in [4.78, 5) is 4.24. The van der Waals surface area contributed by atoms with Gasteiger partial charge in [0.2, 0.25) is 0 Å². The monoisotopic (exact) mass is 199 g/mol. The molecule has 0 bridgehead atoms. The number of aryl methyl sites for hydroxylation is 1. The van der Waals surface area contributed by atoms with E-state index in [0.29, 0.717) is 11.1 Å². The van der Waals surface area contributed by atoms with Gasteiger partial charge in [0, 0.05) is 5.69 Å². The minimum Gasteiger partial charge on any atom is -0.241 e. The number of halogens is 1. The molecule has 0 aliphatic carbocycles. The van der Waals surface area contributed by atoms with E-state index in [-0.39, 0.29) is 0 Å². The highest BCUT2D eigenvalue weighted by atomic mass is 35.5. The van der Waals surface area contributed by atoms with Crippen molar-refractivity contribution in [3.63, 3.8) is 0 Å². The van der Waals surface area contributed by atoms with Crippen LogP contribution in [0.15, 0.2) is 12.1 Å². The van der Waals surface area contributed by atoms with E-state index >= 15 is 0 Å². The zero-order valence-electron chi connectivity index (χ0n) is 9.06. The molecule has 0 fully saturated rings. The van der Waals surface area contributed by atoms with Gasteiger partial charge in [-0.1, -0.05) is 45.4 Å². The average molecular weight is 200 g/mol. The second-order valence-electron chi connectivity index (χ2n) is 3.00. The van der Waals surface area contributed by atoms with Crippen molar-refractivity contribution < 1.29 is 0 Å². The first-order valence-corrected chi connectivity index (χ1v) is 5.12. The van der Waals surface area contributed by atoms with Crippen molar-refractivity contribution in [2.24, 2.45) is 0 Å². The van der Waals surface area contributed by atoms with Gasteiger partial charge in [0.15, 0.2) is 0 Å². The van der Waals surface area contributed by atoms with Gasteiger partial charge < -0.3 is 0 Å². The van der Waals surface area contributed by atoms with Crippen molar-refractivity contribution in [3.8, 4) is 0 Å². The van der Waals surface area contributed by atoms with E-state index in [2.05, 4.69) is 18.8 Å². The Bertz CT molecular complexity index is 256. The van der Waals surface area contributed by atoms with Crippen molar-refractivity contribution in [1.82, 2.24) is 4.98 Å². The van der Waals surface area contributed by atoms with E-state index in [4.69, 9.17) is 11.6 Å². The van der Waals surface area contributed by atoms with Crippen LogP contribution >= 0.6 is 11.6 Å². The lowest BCUT2D eigenvalue weighted by Gasteiger charge is -2.04. The summed E-state index contributed by atoms with van der Waals surface area (Å²) in [6, 6.07) is 4.02. The summed E-state index contributed by atoms with van der Waals surface area (Å²) in [5, 5.41) is 0.621. The topological polar surface area (TPSA) is 12.9 Å². The SMILES string of the molecule is CC.Cc1ccc(C(C)C)nc1Cl. The van der Waals surface area contributed by atoms with Crippen molar-refractivity contribution in [2.45, 2.75) is 40.5 Å². The summed E-state index contributed by atoms with van der Waals surface area (Å²) in [5.41, 5.74) is 2.09. The summed E-state index contributed by atoms with van der Waals surface area (Å²) in [7, 11) is 0. The normalized spacial score (nSPS) is 9.46. The summed E-state index contributed by atoms with van der Waals surface area (Å²) in [6.07, 6.45) is 0. The molecule has 0 radical (unpaired) electrons. The third-order valence-corrected chi connectivity index (χ3v) is 2.03. The van der Waals surface area contributed by atoms with Gasteiger partial charge in [-0.15, -0.1) is 0 Å². The van der Waals surface area contributed by atoms with Gasteiger partial charge in [-0.25, -0.2) is 4.98 Å². The number of hydrogen-bond donors (Lipinski definition) is 0. The van der Waals surface area contributed by atoms with Crippen LogP contribution in [-0.4, -0.2) is 4.98 Å². The van der Waals surface area contributed by atoms with Crippen molar-refractivity contribution in [3.05, 3.63) is 28.5 Å². The van der Waals surface area contributed by atoms with Gasteiger partial charge in [0.1, 0.15) is 5.15 Å². The standard InChI is InChI=1S/C9H12ClN.C2H6/c1-6(2)8-5-4-7(3)9(10)11-8;1-2/h4-6H,1-3H3;1-2H3. The molecule has 0 amide bonds. The summed E-state index contributed by atoms with van der Waals surface area (Å²) >= 11 is 5.85. The fourth-order valence-corrected chi connectivity index (χ4v) is 1.00. The maximum absolute atomic E-state index is 5.85. The van der Waals surface area contributed by atoms with Crippen molar-refractivity contribution in [2.75, 3.05) is 0 Å². The smallest absolute Gasteiger partial charge is 0.132 e. The van der Waals surface area contributed by atoms with E-state index in [1.165, 1.54) is 0 Å². The van der Waals surface area contributed by atoms with Crippen LogP contribution < -0.4 is 0 Å². The van der Waals surface area contributed by atoms with Gasteiger partial charge in [0.05, 0.1) is 0 Å². The fourth-order valence-electron chi connectivity index (χ4n) is 0.839. The maximum atomic E-state index is 5.85. The average Bonchev–Trinajstić information content (AvgIpc) is 2.13. The molecule has 0 aromatic carbocycles. The quantitative estimate of drug-likeness (QED) is 0.618. The molecular formula is C11H18ClN. The predicted molar refractivity (Wildman–Crippen MR) is 59.4 cm³/mol. The van der Waals surface area contributed by atoms with Crippen molar-refractivity contribution >= 4 is 11.6 Å². The minimum absolute atomic E-state index is 0.452. The molecule has 2 heteroatoms. The molecule has 0 aliphatic rings. The molecule has 1 heterocycles. The van der Waals surface area contributed by atoms with E-state index in [0.717, 1.165) is 11.3 Å². The molecule has 0 aliphatic heterocycles. The molecule has 74 valence electrons. The Morgan fingerprint density at radius 3 is 2.15 bits per heavy atom. The molecule has 0 saturated carbocycles. The Labute approximate surface area is 86.1 Å². The minimum atomic E-state index is 0.452. The van der Waals surface area contributed by atoms with Crippen LogP contribution in [-0.2, 0) is 0 Å². The molecule has 1 nitrogen and oxygen atoms in total. The predicted octanol–water partition coefficient (Wildman–Crippen LogP) is 4.19. The van der Waals surface area contributed by atoms with Gasteiger partial charge in [-0.3, -0.25) is 0 Å². The number of aromatic nitrogens is 1. The number of pyridine rings is 1. The second kappa shape index (κ2) is 5.98. The summed E-state index contributed by atoms with van der Waals surface area (Å²) in [5.74, 6) is 0.452. The third-order valence-electron chi connectivity index (χ3n) is 1.65. The second-order valence-corrected chi connectivity index (χ2v) is 3.36. The highest BCUT2D eigenvalue weighted by Gasteiger charge is 2.02. The van der Waals surface area contributed by atoms with Gasteiger partial charge in [0.25, 0.3) is 0 Å². The first kappa shape index (κ1) is 12.4. The lowest BCUT2D eigenvalue weighted by atomic mass is 10.1. The van der Waals surface area contributed by atoms with Gasteiger partial charge in [-0.2, -0.15) is 0 Å². The third kappa shape index (κ3) is 3.77. The Kier molecular flexibility index (Phi) is 5.72. The molecular weight excluding hydrogens is 182 g/mol. The highest BCUT2D eigenvalue weighted by molar-refractivity contribution is 6.30. The first-order valence-electron chi connectivity index (χ1n) is 4.74. The van der Waals surface area contributed by atoms with Crippen LogP contribution in [0.1, 0.15) is 44.9 Å². The van der Waals surface area contributed by atoms with E-state index in [9.17, 15) is 0 Å². The van der Waals surface area contributed by atoms with Crippen LogP contribution in [0.2, 0.25) is 5.15 Å². The Morgan fingerprint density at radius 1 is 1.23 bits per heavy atom. The lowest BCUT2D eigenvalue weighted by molar-refractivity contribution is 0.821. The largest absolute Gasteiger partial charge is 0.241 e. The fraction of sp³-hybridized carbons (Fsp3) is 0.545. The number of nitrogens with zero attached hydrogens (tertiary/aromatic N) is 1. The molecule has 1 rings (SSSR count). The molecule has 1 aromatic heterocycles. The Balaban J connectivity index is 0.000000671. The Morgan fingerprint density at radius 2 is 1.77 bits per heavy atom. The molecule has 13 heavy (non-hydrogen) atoms. The number of rotatable bonds is 1. The van der Waals surface area contributed by atoms with Crippen LogP contribution in [0.5, 0.6) is 0 Å². The lowest BCUT2D eigenvalue weighted by Crippen LogP contribution is -1.93. The molecule has 0 spiro atoms. The summed E-state index contributed by atoms with van der Waals surface area (Å²) < 4.78 is 0. The number of hydrogen-bond acceptors (Lipinski definition) is 1. The Hall–Kier alpha value is -0.560. The molecule has 0 saturated heterocycles. The molecule has 0 atom stereocenters. The highest BCUT2D eigenvalue weighted by Crippen LogP contribution is 2.17. The van der Waals surface area contributed by atoms with E-state index in [1.807, 2.05) is 32.9 Å².